The molecule has 180 valence electrons. The van der Waals surface area contributed by atoms with Crippen LogP contribution in [0.15, 0.2) is 43.2 Å². The van der Waals surface area contributed by atoms with Crippen LogP contribution in [0.25, 0.3) is 33.3 Å². The predicted octanol–water partition coefficient (Wildman–Crippen LogP) is 2.12. The number of aromatic hydroxyl groups is 1. The average Bonchev–Trinajstić information content (AvgIpc) is 3.46. The van der Waals surface area contributed by atoms with E-state index in [2.05, 4.69) is 26.8 Å². The zero-order valence-corrected chi connectivity index (χ0v) is 19.1. The van der Waals surface area contributed by atoms with Gasteiger partial charge in [0.15, 0.2) is 5.65 Å². The van der Waals surface area contributed by atoms with Crippen LogP contribution in [0, 0.1) is 0 Å². The number of anilines is 1. The molecular weight excluding hydrogens is 448 g/mol. The van der Waals surface area contributed by atoms with Gasteiger partial charge in [0, 0.05) is 37.0 Å². The number of aromatic nitrogens is 5. The molecule has 0 aliphatic carbocycles. The van der Waals surface area contributed by atoms with Gasteiger partial charge in [-0.2, -0.15) is 5.10 Å². The number of fused-ring (bicyclic) bond motifs is 2. The number of H-pyrrole nitrogens is 1. The molecule has 1 aromatic carbocycles. The largest absolute Gasteiger partial charge is 0.508 e. The number of carbonyl (C=O) groups is 2. The molecule has 0 saturated carbocycles. The van der Waals surface area contributed by atoms with E-state index in [1.165, 1.54) is 12.4 Å². The zero-order chi connectivity index (χ0) is 24.5. The van der Waals surface area contributed by atoms with Crippen molar-refractivity contribution in [3.05, 3.63) is 43.2 Å². The van der Waals surface area contributed by atoms with E-state index in [0.717, 1.165) is 29.4 Å². The second-order valence-corrected chi connectivity index (χ2v) is 8.59. The summed E-state index contributed by atoms with van der Waals surface area (Å²) < 4.78 is 1.84. The molecule has 4 heterocycles. The van der Waals surface area contributed by atoms with Crippen molar-refractivity contribution in [3.63, 3.8) is 0 Å². The molecule has 11 heteroatoms. The van der Waals surface area contributed by atoms with Crippen LogP contribution in [-0.4, -0.2) is 66.2 Å². The van der Waals surface area contributed by atoms with E-state index in [9.17, 15) is 14.7 Å². The Hall–Kier alpha value is -4.41. The molecule has 5 rings (SSSR count). The molecule has 1 atom stereocenters. The maximum Gasteiger partial charge on any atom is 0.243 e. The van der Waals surface area contributed by atoms with Crippen molar-refractivity contribution in [1.29, 1.82) is 0 Å². The van der Waals surface area contributed by atoms with Gasteiger partial charge in [0.05, 0.1) is 17.1 Å². The molecular formula is C24H26N8O3. The first-order valence-corrected chi connectivity index (χ1v) is 11.4. The van der Waals surface area contributed by atoms with Gasteiger partial charge < -0.3 is 26.0 Å². The lowest BCUT2D eigenvalue weighted by molar-refractivity contribution is -0.132. The molecule has 35 heavy (non-hydrogen) atoms. The Bertz CT molecular complexity index is 1440. The first-order chi connectivity index (χ1) is 16.9. The van der Waals surface area contributed by atoms with Crippen molar-refractivity contribution < 1.29 is 14.7 Å². The van der Waals surface area contributed by atoms with Gasteiger partial charge in [0.1, 0.15) is 23.6 Å². The van der Waals surface area contributed by atoms with Crippen LogP contribution in [0.4, 0.5) is 5.82 Å². The van der Waals surface area contributed by atoms with E-state index < -0.39 is 0 Å². The third-order valence-electron chi connectivity index (χ3n) is 6.30. The number of benzene rings is 1. The molecule has 1 aliphatic rings. The summed E-state index contributed by atoms with van der Waals surface area (Å²) in [6, 6.07) is 6.91. The van der Waals surface area contributed by atoms with Crippen molar-refractivity contribution >= 4 is 39.6 Å². The van der Waals surface area contributed by atoms with Gasteiger partial charge in [-0.1, -0.05) is 6.58 Å². The highest BCUT2D eigenvalue weighted by Gasteiger charge is 2.29. The first kappa shape index (κ1) is 22.4. The van der Waals surface area contributed by atoms with Crippen LogP contribution in [0.3, 0.4) is 0 Å². The van der Waals surface area contributed by atoms with Gasteiger partial charge in [-0.15, -0.1) is 0 Å². The molecule has 1 fully saturated rings. The quantitative estimate of drug-likeness (QED) is 0.312. The molecule has 1 unspecified atom stereocenters. The predicted molar refractivity (Wildman–Crippen MR) is 131 cm³/mol. The highest BCUT2D eigenvalue weighted by atomic mass is 16.3. The molecule has 11 nitrogen and oxygen atoms in total. The normalized spacial score (nSPS) is 16.0. The van der Waals surface area contributed by atoms with Crippen LogP contribution in [0.5, 0.6) is 5.75 Å². The third-order valence-corrected chi connectivity index (χ3v) is 6.30. The van der Waals surface area contributed by atoms with E-state index in [4.69, 9.17) is 10.8 Å². The highest BCUT2D eigenvalue weighted by molar-refractivity contribution is 6.00. The summed E-state index contributed by atoms with van der Waals surface area (Å²) in [6.45, 7) is 4.81. The van der Waals surface area contributed by atoms with Crippen molar-refractivity contribution in [1.82, 2.24) is 34.9 Å². The van der Waals surface area contributed by atoms with Gasteiger partial charge in [0.25, 0.3) is 0 Å². The van der Waals surface area contributed by atoms with Gasteiger partial charge >= 0.3 is 0 Å². The van der Waals surface area contributed by atoms with Crippen molar-refractivity contribution in [2.75, 3.05) is 25.4 Å². The number of piperidine rings is 1. The Labute approximate surface area is 200 Å². The lowest BCUT2D eigenvalue weighted by Gasteiger charge is -2.33. The molecule has 4 aromatic rings. The summed E-state index contributed by atoms with van der Waals surface area (Å²) >= 11 is 0. The smallest absolute Gasteiger partial charge is 0.243 e. The second-order valence-electron chi connectivity index (χ2n) is 8.59. The summed E-state index contributed by atoms with van der Waals surface area (Å²) in [4.78, 5) is 37.9. The van der Waals surface area contributed by atoms with Gasteiger partial charge in [0.2, 0.25) is 11.8 Å². The van der Waals surface area contributed by atoms with E-state index in [0.29, 0.717) is 35.6 Å². The SMILES string of the molecule is C=CC(=O)NCCC(=O)N1CCCC(n2nc(-c3cc4cc(O)ccc4[nH]3)c3c(N)ncnc32)C1. The Morgan fingerprint density at radius 2 is 2.17 bits per heavy atom. The van der Waals surface area contributed by atoms with Crippen LogP contribution >= 0.6 is 0 Å². The average molecular weight is 475 g/mol. The van der Waals surface area contributed by atoms with Crippen LogP contribution < -0.4 is 11.1 Å². The maximum absolute atomic E-state index is 12.8. The van der Waals surface area contributed by atoms with E-state index in [-0.39, 0.29) is 36.6 Å². The molecule has 0 spiro atoms. The van der Waals surface area contributed by atoms with E-state index >= 15 is 0 Å². The van der Waals surface area contributed by atoms with Crippen molar-refractivity contribution in [2.45, 2.75) is 25.3 Å². The number of phenols is 1. The minimum Gasteiger partial charge on any atom is -0.508 e. The molecule has 5 N–H and O–H groups in total. The van der Waals surface area contributed by atoms with Crippen LogP contribution in [-0.2, 0) is 9.59 Å². The number of nitrogens with one attached hydrogen (secondary N) is 2. The number of nitrogens with zero attached hydrogens (tertiary/aromatic N) is 5. The monoisotopic (exact) mass is 474 g/mol. The Kier molecular flexibility index (Phi) is 5.81. The summed E-state index contributed by atoms with van der Waals surface area (Å²) in [5.41, 5.74) is 9.07. The highest BCUT2D eigenvalue weighted by Crippen LogP contribution is 2.35. The summed E-state index contributed by atoms with van der Waals surface area (Å²) in [5, 5.41) is 18.8. The third kappa shape index (κ3) is 4.27. The number of rotatable bonds is 6. The number of nitrogen functional groups attached to an aromatic ring is 1. The minimum atomic E-state index is -0.297. The summed E-state index contributed by atoms with van der Waals surface area (Å²) in [7, 11) is 0. The van der Waals surface area contributed by atoms with Crippen molar-refractivity contribution in [2.24, 2.45) is 0 Å². The fourth-order valence-electron chi connectivity index (χ4n) is 4.59. The number of hydrogen-bond donors (Lipinski definition) is 4. The lowest BCUT2D eigenvalue weighted by Crippen LogP contribution is -2.42. The van der Waals surface area contributed by atoms with Gasteiger partial charge in [-0.3, -0.25) is 9.59 Å². The number of amides is 2. The summed E-state index contributed by atoms with van der Waals surface area (Å²) in [6.07, 6.45) is 4.46. The fourth-order valence-corrected chi connectivity index (χ4v) is 4.59. The summed E-state index contributed by atoms with van der Waals surface area (Å²) in [5.74, 6) is 0.173. The van der Waals surface area contributed by atoms with Crippen LogP contribution in [0.2, 0.25) is 0 Å². The van der Waals surface area contributed by atoms with E-state index in [1.807, 2.05) is 10.7 Å². The minimum absolute atomic E-state index is 0.0275. The molecule has 0 radical (unpaired) electrons. The maximum atomic E-state index is 12.8. The molecule has 0 bridgehead atoms. The number of hydrogen-bond acceptors (Lipinski definition) is 7. The molecule has 1 saturated heterocycles. The zero-order valence-electron chi connectivity index (χ0n) is 19.1. The standard InChI is InChI=1S/C24H26N8O3/c1-2-19(34)26-8-7-20(35)31-9-3-4-15(12-31)32-24-21(23(25)27-13-28-24)22(30-32)18-11-14-10-16(33)5-6-17(14)29-18/h2,5-6,10-11,13,15,29,33H,1,3-4,7-9,12H2,(H,26,34)(H2,25,27,28). The Balaban J connectivity index is 1.45. The number of likely N-dealkylation sites (tertiary alicyclic amines) is 1. The molecule has 3 aromatic heterocycles. The second kappa shape index (κ2) is 9.09. The lowest BCUT2D eigenvalue weighted by atomic mass is 10.1. The van der Waals surface area contributed by atoms with Gasteiger partial charge in [-0.05, 0) is 43.2 Å². The molecule has 2 amide bonds. The molecule has 1 aliphatic heterocycles. The number of aromatic amines is 1. The fraction of sp³-hybridized carbons (Fsp3) is 0.292. The number of carbonyl (C=O) groups excluding carboxylic acids is 2. The van der Waals surface area contributed by atoms with Gasteiger partial charge in [-0.25, -0.2) is 14.6 Å². The van der Waals surface area contributed by atoms with Crippen LogP contribution in [0.1, 0.15) is 25.3 Å². The van der Waals surface area contributed by atoms with Crippen molar-refractivity contribution in [3.8, 4) is 17.1 Å². The number of nitrogens with two attached hydrogens (primary N) is 1. The Morgan fingerprint density at radius 3 is 3.00 bits per heavy atom. The Morgan fingerprint density at radius 1 is 1.31 bits per heavy atom. The van der Waals surface area contributed by atoms with E-state index in [1.54, 1.807) is 23.1 Å². The topological polar surface area (TPSA) is 155 Å². The first-order valence-electron chi connectivity index (χ1n) is 11.4. The number of phenolic OH excluding ortho intramolecular Hbond substituents is 1.